The van der Waals surface area contributed by atoms with Gasteiger partial charge in [0.2, 0.25) is 0 Å². The molecule has 3 aromatic rings. The predicted octanol–water partition coefficient (Wildman–Crippen LogP) is 4.19. The Balaban J connectivity index is 1.59. The summed E-state index contributed by atoms with van der Waals surface area (Å²) < 4.78 is 4.67. The van der Waals surface area contributed by atoms with Crippen molar-refractivity contribution in [1.82, 2.24) is 10.6 Å². The second-order valence-corrected chi connectivity index (χ2v) is 6.31. The van der Waals surface area contributed by atoms with Crippen molar-refractivity contribution in [3.05, 3.63) is 83.4 Å². The molecule has 0 aliphatic rings. The predicted molar refractivity (Wildman–Crippen MR) is 106 cm³/mol. The van der Waals surface area contributed by atoms with E-state index in [1.165, 1.54) is 7.11 Å². The number of hydrogen-bond donors (Lipinski definition) is 2. The highest BCUT2D eigenvalue weighted by molar-refractivity contribution is 5.89. The van der Waals surface area contributed by atoms with Crippen molar-refractivity contribution in [3.8, 4) is 0 Å². The van der Waals surface area contributed by atoms with Gasteiger partial charge in [0.25, 0.3) is 0 Å². The minimum Gasteiger partial charge on any atom is -0.465 e. The van der Waals surface area contributed by atoms with Crippen molar-refractivity contribution in [2.75, 3.05) is 7.11 Å². The number of fused-ring (bicyclic) bond motifs is 1. The number of esters is 1. The lowest BCUT2D eigenvalue weighted by Crippen LogP contribution is -2.36. The molecule has 0 aromatic heterocycles. The molecule has 0 bridgehead atoms. The van der Waals surface area contributed by atoms with Crippen molar-refractivity contribution in [2.24, 2.45) is 0 Å². The molecule has 3 rings (SSSR count). The van der Waals surface area contributed by atoms with E-state index in [1.54, 1.807) is 24.3 Å². The lowest BCUT2D eigenvalue weighted by atomic mass is 10.00. The highest BCUT2D eigenvalue weighted by Gasteiger charge is 2.12. The van der Waals surface area contributed by atoms with E-state index in [1.807, 2.05) is 31.2 Å². The van der Waals surface area contributed by atoms with Crippen LogP contribution in [0.2, 0.25) is 0 Å². The fourth-order valence-corrected chi connectivity index (χ4v) is 3.01. The molecular weight excluding hydrogens is 340 g/mol. The molecule has 2 amide bonds. The van der Waals surface area contributed by atoms with Crippen LogP contribution in [0, 0.1) is 0 Å². The summed E-state index contributed by atoms with van der Waals surface area (Å²) in [5.74, 6) is -0.379. The minimum atomic E-state index is -0.379. The second-order valence-electron chi connectivity index (χ2n) is 6.31. The molecule has 138 valence electrons. The fraction of sp³-hybridized carbons (Fsp3) is 0.182. The van der Waals surface area contributed by atoms with E-state index in [4.69, 9.17) is 0 Å². The van der Waals surface area contributed by atoms with Gasteiger partial charge in [-0.15, -0.1) is 0 Å². The Morgan fingerprint density at radius 2 is 1.67 bits per heavy atom. The summed E-state index contributed by atoms with van der Waals surface area (Å²) in [5.41, 5.74) is 2.46. The lowest BCUT2D eigenvalue weighted by Gasteiger charge is -2.17. The monoisotopic (exact) mass is 362 g/mol. The van der Waals surface area contributed by atoms with Gasteiger partial charge in [-0.25, -0.2) is 9.59 Å². The van der Waals surface area contributed by atoms with Crippen LogP contribution in [0.3, 0.4) is 0 Å². The molecule has 5 nitrogen and oxygen atoms in total. The highest BCUT2D eigenvalue weighted by atomic mass is 16.5. The number of urea groups is 1. The molecule has 3 aromatic carbocycles. The maximum absolute atomic E-state index is 12.3. The molecule has 0 radical (unpaired) electrons. The molecule has 0 saturated carbocycles. The largest absolute Gasteiger partial charge is 0.465 e. The molecule has 5 heteroatoms. The highest BCUT2D eigenvalue weighted by Crippen LogP contribution is 2.23. The Labute approximate surface area is 158 Å². The van der Waals surface area contributed by atoms with E-state index in [-0.39, 0.29) is 18.0 Å². The number of rotatable bonds is 5. The van der Waals surface area contributed by atoms with Crippen molar-refractivity contribution in [2.45, 2.75) is 19.5 Å². The maximum Gasteiger partial charge on any atom is 0.337 e. The zero-order chi connectivity index (χ0) is 19.2. The number of benzene rings is 3. The summed E-state index contributed by atoms with van der Waals surface area (Å²) in [6.45, 7) is 2.34. The van der Waals surface area contributed by atoms with Gasteiger partial charge in [0.1, 0.15) is 0 Å². The van der Waals surface area contributed by atoms with Crippen LogP contribution < -0.4 is 10.6 Å². The van der Waals surface area contributed by atoms with Gasteiger partial charge in [-0.2, -0.15) is 0 Å². The van der Waals surface area contributed by atoms with Crippen LogP contribution in [0.4, 0.5) is 4.79 Å². The van der Waals surface area contributed by atoms with Crippen molar-refractivity contribution in [1.29, 1.82) is 0 Å². The first kappa shape index (κ1) is 18.5. The Morgan fingerprint density at radius 3 is 2.41 bits per heavy atom. The van der Waals surface area contributed by atoms with Gasteiger partial charge in [0.15, 0.2) is 0 Å². The molecule has 0 fully saturated rings. The lowest BCUT2D eigenvalue weighted by molar-refractivity contribution is 0.0600. The van der Waals surface area contributed by atoms with Crippen LogP contribution in [-0.2, 0) is 11.3 Å². The van der Waals surface area contributed by atoms with Crippen LogP contribution in [0.15, 0.2) is 66.7 Å². The van der Waals surface area contributed by atoms with Crippen LogP contribution in [-0.4, -0.2) is 19.1 Å². The first-order valence-electron chi connectivity index (χ1n) is 8.78. The van der Waals surface area contributed by atoms with E-state index in [0.29, 0.717) is 12.1 Å². The van der Waals surface area contributed by atoms with Gasteiger partial charge < -0.3 is 15.4 Å². The quantitative estimate of drug-likeness (QED) is 0.669. The first-order valence-corrected chi connectivity index (χ1v) is 8.78. The average molecular weight is 362 g/mol. The number of amides is 2. The van der Waals surface area contributed by atoms with Crippen LogP contribution in [0.1, 0.15) is 34.5 Å². The van der Waals surface area contributed by atoms with E-state index in [9.17, 15) is 9.59 Å². The van der Waals surface area contributed by atoms with Crippen molar-refractivity contribution in [3.63, 3.8) is 0 Å². The number of nitrogens with one attached hydrogen (secondary N) is 2. The summed E-state index contributed by atoms with van der Waals surface area (Å²) in [7, 11) is 1.35. The summed E-state index contributed by atoms with van der Waals surface area (Å²) in [6.07, 6.45) is 0. The number of hydrogen-bond acceptors (Lipinski definition) is 3. The smallest absolute Gasteiger partial charge is 0.337 e. The first-order chi connectivity index (χ1) is 13.1. The molecule has 0 aliphatic heterocycles. The van der Waals surface area contributed by atoms with E-state index in [0.717, 1.165) is 21.9 Å². The number of ether oxygens (including phenoxy) is 1. The normalized spacial score (nSPS) is 11.6. The molecule has 0 aliphatic carbocycles. The number of carbonyl (C=O) groups excluding carboxylic acids is 2. The molecule has 1 atom stereocenters. The molecule has 2 N–H and O–H groups in total. The number of carbonyl (C=O) groups is 2. The Bertz CT molecular complexity index is 946. The van der Waals surface area contributed by atoms with Gasteiger partial charge in [0.05, 0.1) is 18.7 Å². The Hall–Kier alpha value is -3.34. The zero-order valence-corrected chi connectivity index (χ0v) is 15.4. The molecule has 0 unspecified atom stereocenters. The summed E-state index contributed by atoms with van der Waals surface area (Å²) >= 11 is 0. The van der Waals surface area contributed by atoms with Gasteiger partial charge >= 0.3 is 12.0 Å². The topological polar surface area (TPSA) is 67.4 Å². The third-order valence-corrected chi connectivity index (χ3v) is 4.47. The summed E-state index contributed by atoms with van der Waals surface area (Å²) in [4.78, 5) is 23.7. The SMILES string of the molecule is COC(=O)c1ccc(CNC(=O)N[C@H](C)c2cccc3ccccc23)cc1. The van der Waals surface area contributed by atoms with Crippen molar-refractivity contribution >= 4 is 22.8 Å². The van der Waals surface area contributed by atoms with E-state index < -0.39 is 0 Å². The van der Waals surface area contributed by atoms with Crippen LogP contribution >= 0.6 is 0 Å². The third kappa shape index (κ3) is 4.44. The Kier molecular flexibility index (Phi) is 5.71. The average Bonchev–Trinajstić information content (AvgIpc) is 2.71. The van der Waals surface area contributed by atoms with E-state index in [2.05, 4.69) is 33.6 Å². The van der Waals surface area contributed by atoms with Crippen LogP contribution in [0.5, 0.6) is 0 Å². The molecule has 27 heavy (non-hydrogen) atoms. The summed E-state index contributed by atoms with van der Waals surface area (Å²) in [6, 6.07) is 20.8. The molecule has 0 saturated heterocycles. The van der Waals surface area contributed by atoms with Gasteiger partial charge in [-0.05, 0) is 41.0 Å². The minimum absolute atomic E-state index is 0.127. The van der Waals surface area contributed by atoms with Crippen LogP contribution in [0.25, 0.3) is 10.8 Å². The molecular formula is C22H22N2O3. The third-order valence-electron chi connectivity index (χ3n) is 4.47. The summed E-state index contributed by atoms with van der Waals surface area (Å²) in [5, 5.41) is 8.10. The second kappa shape index (κ2) is 8.36. The zero-order valence-electron chi connectivity index (χ0n) is 15.4. The van der Waals surface area contributed by atoms with Gasteiger partial charge in [-0.1, -0.05) is 54.6 Å². The van der Waals surface area contributed by atoms with Crippen molar-refractivity contribution < 1.29 is 14.3 Å². The van der Waals surface area contributed by atoms with E-state index >= 15 is 0 Å². The standard InChI is InChI=1S/C22H22N2O3/c1-15(19-9-5-7-17-6-3-4-8-20(17)19)24-22(26)23-14-16-10-12-18(13-11-16)21(25)27-2/h3-13,15H,14H2,1-2H3,(H2,23,24,26)/t15-/m1/s1. The number of methoxy groups -OCH3 is 1. The molecule has 0 spiro atoms. The van der Waals surface area contributed by atoms with Gasteiger partial charge in [0, 0.05) is 6.54 Å². The Morgan fingerprint density at radius 1 is 0.963 bits per heavy atom. The maximum atomic E-state index is 12.3. The molecule has 0 heterocycles. The fourth-order valence-electron chi connectivity index (χ4n) is 3.01. The van der Waals surface area contributed by atoms with Gasteiger partial charge in [-0.3, -0.25) is 0 Å².